The third kappa shape index (κ3) is 4.57. The number of carbonyl (C=O) groups excluding carboxylic acids is 1. The Morgan fingerprint density at radius 3 is 2.52 bits per heavy atom. The zero-order chi connectivity index (χ0) is 17.6. The molecule has 0 aliphatic heterocycles. The lowest BCUT2D eigenvalue weighted by Gasteiger charge is -2.09. The van der Waals surface area contributed by atoms with E-state index in [9.17, 15) is 9.18 Å². The summed E-state index contributed by atoms with van der Waals surface area (Å²) < 4.78 is 13.0. The molecule has 0 saturated carbocycles. The summed E-state index contributed by atoms with van der Waals surface area (Å²) >= 11 is 0. The van der Waals surface area contributed by atoms with E-state index in [1.165, 1.54) is 12.1 Å². The summed E-state index contributed by atoms with van der Waals surface area (Å²) in [5.41, 5.74) is 1.87. The van der Waals surface area contributed by atoms with E-state index in [2.05, 4.69) is 25.6 Å². The Kier molecular flexibility index (Phi) is 4.94. The number of anilines is 2. The molecule has 126 valence electrons. The van der Waals surface area contributed by atoms with Crippen LogP contribution in [0.15, 0.2) is 54.9 Å². The summed E-state index contributed by atoms with van der Waals surface area (Å²) in [5.74, 6) is 0.305. The zero-order valence-corrected chi connectivity index (χ0v) is 13.5. The van der Waals surface area contributed by atoms with Gasteiger partial charge in [0.15, 0.2) is 0 Å². The minimum atomic E-state index is -0.319. The molecule has 0 fully saturated rings. The Hall–Kier alpha value is -3.35. The first-order valence-corrected chi connectivity index (χ1v) is 7.65. The van der Waals surface area contributed by atoms with Crippen molar-refractivity contribution in [2.75, 3.05) is 5.32 Å². The van der Waals surface area contributed by atoms with Crippen LogP contribution in [0, 0.1) is 12.7 Å². The largest absolute Gasteiger partial charge is 0.347 e. The summed E-state index contributed by atoms with van der Waals surface area (Å²) in [6.45, 7) is 2.08. The van der Waals surface area contributed by atoms with E-state index in [4.69, 9.17) is 0 Å². The van der Waals surface area contributed by atoms with Gasteiger partial charge in [-0.2, -0.15) is 0 Å². The predicted octanol–water partition coefficient (Wildman–Crippen LogP) is 2.99. The van der Waals surface area contributed by atoms with Crippen molar-refractivity contribution in [3.05, 3.63) is 77.8 Å². The van der Waals surface area contributed by atoms with Crippen molar-refractivity contribution in [1.82, 2.24) is 20.3 Å². The van der Waals surface area contributed by atoms with Crippen LogP contribution in [0.3, 0.4) is 0 Å². The van der Waals surface area contributed by atoms with Crippen molar-refractivity contribution in [2.24, 2.45) is 0 Å². The van der Waals surface area contributed by atoms with Gasteiger partial charge in [0.2, 0.25) is 0 Å². The van der Waals surface area contributed by atoms with Crippen LogP contribution in [-0.2, 0) is 6.54 Å². The molecule has 0 saturated heterocycles. The number of nitrogens with one attached hydrogen (secondary N) is 2. The quantitative estimate of drug-likeness (QED) is 0.748. The maximum Gasteiger partial charge on any atom is 0.270 e. The normalized spacial score (nSPS) is 10.3. The second-order valence-electron chi connectivity index (χ2n) is 5.36. The van der Waals surface area contributed by atoms with Crippen molar-refractivity contribution >= 4 is 17.4 Å². The van der Waals surface area contributed by atoms with Crippen LogP contribution in [-0.4, -0.2) is 20.9 Å². The SMILES string of the molecule is Cc1nc(Nc2ccc(F)cc2)cc(C(=O)NCc2ccncc2)n1. The van der Waals surface area contributed by atoms with Gasteiger partial charge < -0.3 is 10.6 Å². The minimum Gasteiger partial charge on any atom is -0.347 e. The Labute approximate surface area is 144 Å². The van der Waals surface area contributed by atoms with Crippen LogP contribution in [0.25, 0.3) is 0 Å². The molecule has 0 aliphatic rings. The predicted molar refractivity (Wildman–Crippen MR) is 91.9 cm³/mol. The van der Waals surface area contributed by atoms with Crippen LogP contribution in [0.2, 0.25) is 0 Å². The van der Waals surface area contributed by atoms with Gasteiger partial charge in [-0.15, -0.1) is 0 Å². The number of halogens is 1. The molecule has 2 aromatic heterocycles. The van der Waals surface area contributed by atoms with Crippen molar-refractivity contribution in [2.45, 2.75) is 13.5 Å². The van der Waals surface area contributed by atoms with E-state index in [1.807, 2.05) is 12.1 Å². The molecule has 1 amide bonds. The average molecular weight is 337 g/mol. The van der Waals surface area contributed by atoms with Gasteiger partial charge in [0, 0.05) is 30.7 Å². The van der Waals surface area contributed by atoms with Crippen LogP contribution in [0.5, 0.6) is 0 Å². The van der Waals surface area contributed by atoms with Gasteiger partial charge in [0.1, 0.15) is 23.2 Å². The molecule has 25 heavy (non-hydrogen) atoms. The number of rotatable bonds is 5. The van der Waals surface area contributed by atoms with Gasteiger partial charge in [0.05, 0.1) is 0 Å². The molecule has 0 aliphatic carbocycles. The molecule has 3 aromatic rings. The molecule has 6 nitrogen and oxygen atoms in total. The zero-order valence-electron chi connectivity index (χ0n) is 13.5. The molecule has 2 N–H and O–H groups in total. The van der Waals surface area contributed by atoms with Gasteiger partial charge in [-0.05, 0) is 48.9 Å². The van der Waals surface area contributed by atoms with Crippen molar-refractivity contribution in [1.29, 1.82) is 0 Å². The van der Waals surface area contributed by atoms with Crippen molar-refractivity contribution in [3.8, 4) is 0 Å². The van der Waals surface area contributed by atoms with Gasteiger partial charge in [0.25, 0.3) is 5.91 Å². The average Bonchev–Trinajstić information content (AvgIpc) is 2.62. The lowest BCUT2D eigenvalue weighted by Crippen LogP contribution is -2.24. The number of pyridine rings is 1. The summed E-state index contributed by atoms with van der Waals surface area (Å²) in [6, 6.07) is 11.1. The maximum atomic E-state index is 13.0. The number of amides is 1. The number of carbonyl (C=O) groups is 1. The van der Waals surface area contributed by atoms with Gasteiger partial charge >= 0.3 is 0 Å². The first-order chi connectivity index (χ1) is 12.1. The number of aryl methyl sites for hydroxylation is 1. The number of aromatic nitrogens is 3. The summed E-state index contributed by atoms with van der Waals surface area (Å²) in [4.78, 5) is 24.7. The summed E-state index contributed by atoms with van der Waals surface area (Å²) in [7, 11) is 0. The van der Waals surface area contributed by atoms with Gasteiger partial charge in [-0.3, -0.25) is 9.78 Å². The highest BCUT2D eigenvalue weighted by atomic mass is 19.1. The molecule has 0 spiro atoms. The second-order valence-corrected chi connectivity index (χ2v) is 5.36. The lowest BCUT2D eigenvalue weighted by molar-refractivity contribution is 0.0945. The maximum absolute atomic E-state index is 13.0. The lowest BCUT2D eigenvalue weighted by atomic mass is 10.2. The first kappa shape index (κ1) is 16.5. The monoisotopic (exact) mass is 337 g/mol. The molecule has 0 unspecified atom stereocenters. The van der Waals surface area contributed by atoms with Crippen LogP contribution in [0.4, 0.5) is 15.9 Å². The molecule has 1 aromatic carbocycles. The topological polar surface area (TPSA) is 79.8 Å². The molecular formula is C18H16FN5O. The third-order valence-corrected chi connectivity index (χ3v) is 3.39. The highest BCUT2D eigenvalue weighted by Gasteiger charge is 2.10. The second kappa shape index (κ2) is 7.48. The summed E-state index contributed by atoms with van der Waals surface area (Å²) in [6.07, 6.45) is 3.34. The van der Waals surface area contributed by atoms with Crippen LogP contribution >= 0.6 is 0 Å². The molecule has 3 rings (SSSR count). The highest BCUT2D eigenvalue weighted by Crippen LogP contribution is 2.16. The van der Waals surface area contributed by atoms with E-state index in [-0.39, 0.29) is 17.4 Å². The molecule has 2 heterocycles. The fraction of sp³-hybridized carbons (Fsp3) is 0.111. The Balaban J connectivity index is 1.72. The van der Waals surface area contributed by atoms with Crippen molar-refractivity contribution < 1.29 is 9.18 Å². The number of hydrogen-bond acceptors (Lipinski definition) is 5. The molecule has 0 atom stereocenters. The standard InChI is InChI=1S/C18H16FN5O/c1-12-22-16(18(25)21-11-13-6-8-20-9-7-13)10-17(23-12)24-15-4-2-14(19)3-5-15/h2-10H,11H2,1H3,(H,21,25)(H,22,23,24). The first-order valence-electron chi connectivity index (χ1n) is 7.65. The summed E-state index contributed by atoms with van der Waals surface area (Å²) in [5, 5.41) is 5.84. The van der Waals surface area contributed by atoms with Crippen molar-refractivity contribution in [3.63, 3.8) is 0 Å². The van der Waals surface area contributed by atoms with E-state index >= 15 is 0 Å². The number of benzene rings is 1. The Bertz CT molecular complexity index is 868. The number of nitrogens with zero attached hydrogens (tertiary/aromatic N) is 3. The van der Waals surface area contributed by atoms with Crippen LogP contribution in [0.1, 0.15) is 21.9 Å². The number of hydrogen-bond donors (Lipinski definition) is 2. The highest BCUT2D eigenvalue weighted by molar-refractivity contribution is 5.93. The van der Waals surface area contributed by atoms with E-state index in [0.717, 1.165) is 5.56 Å². The molecule has 0 bridgehead atoms. The Morgan fingerprint density at radius 2 is 1.80 bits per heavy atom. The van der Waals surface area contributed by atoms with E-state index in [1.54, 1.807) is 37.5 Å². The third-order valence-electron chi connectivity index (χ3n) is 3.39. The van der Waals surface area contributed by atoms with Crippen LogP contribution < -0.4 is 10.6 Å². The fourth-order valence-electron chi connectivity index (χ4n) is 2.20. The van der Waals surface area contributed by atoms with E-state index in [0.29, 0.717) is 23.9 Å². The fourth-order valence-corrected chi connectivity index (χ4v) is 2.20. The molecule has 7 heteroatoms. The minimum absolute atomic E-state index is 0.256. The molecular weight excluding hydrogens is 321 g/mol. The smallest absolute Gasteiger partial charge is 0.270 e. The van der Waals surface area contributed by atoms with Gasteiger partial charge in [-0.1, -0.05) is 0 Å². The van der Waals surface area contributed by atoms with Gasteiger partial charge in [-0.25, -0.2) is 14.4 Å². The Morgan fingerprint density at radius 1 is 1.08 bits per heavy atom. The van der Waals surface area contributed by atoms with E-state index < -0.39 is 0 Å². The molecule has 0 radical (unpaired) electrons.